The first-order valence-electron chi connectivity index (χ1n) is 7.36. The molecule has 8 heteroatoms. The Kier molecular flexibility index (Phi) is 6.64. The first-order valence-corrected chi connectivity index (χ1v) is 8.11. The van der Waals surface area contributed by atoms with E-state index in [0.717, 1.165) is 0 Å². The zero-order valence-corrected chi connectivity index (χ0v) is 15.1. The number of benzene rings is 2. The predicted molar refractivity (Wildman–Crippen MR) is 101 cm³/mol. The summed E-state index contributed by atoms with van der Waals surface area (Å²) in [6.07, 6.45) is -0.579. The molecule has 0 aromatic heterocycles. The Balaban J connectivity index is 2.02. The SMILES string of the molecule is COC(C)C(=O)Nc1cccc(NC(=O)Nc2cc(Cl)ccc2Cl)c1. The molecule has 0 aliphatic carbocycles. The fourth-order valence-corrected chi connectivity index (χ4v) is 2.24. The number of urea groups is 1. The number of amides is 3. The maximum absolute atomic E-state index is 12.1. The molecular weight excluding hydrogens is 365 g/mol. The number of nitrogens with one attached hydrogen (secondary N) is 3. The van der Waals surface area contributed by atoms with E-state index in [1.54, 1.807) is 49.4 Å². The first kappa shape index (κ1) is 19.1. The fraction of sp³-hybridized carbons (Fsp3) is 0.176. The van der Waals surface area contributed by atoms with Gasteiger partial charge in [-0.15, -0.1) is 0 Å². The van der Waals surface area contributed by atoms with Gasteiger partial charge in [0.2, 0.25) is 0 Å². The van der Waals surface area contributed by atoms with Gasteiger partial charge in [-0.3, -0.25) is 4.79 Å². The van der Waals surface area contributed by atoms with Crippen molar-refractivity contribution >= 4 is 52.2 Å². The highest BCUT2D eigenvalue weighted by molar-refractivity contribution is 6.35. The van der Waals surface area contributed by atoms with Crippen molar-refractivity contribution in [2.45, 2.75) is 13.0 Å². The predicted octanol–water partition coefficient (Wildman–Crippen LogP) is 4.61. The van der Waals surface area contributed by atoms with Crippen LogP contribution < -0.4 is 16.0 Å². The Hall–Kier alpha value is -2.28. The summed E-state index contributed by atoms with van der Waals surface area (Å²) >= 11 is 11.9. The molecule has 1 unspecified atom stereocenters. The first-order chi connectivity index (χ1) is 11.9. The molecule has 0 radical (unpaired) electrons. The standard InChI is InChI=1S/C17H17Cl2N3O3/c1-10(25-2)16(23)20-12-4-3-5-13(9-12)21-17(24)22-15-8-11(18)6-7-14(15)19/h3-10H,1-2H3,(H,20,23)(H2,21,22,24). The highest BCUT2D eigenvalue weighted by atomic mass is 35.5. The van der Waals surface area contributed by atoms with Gasteiger partial charge in [0.05, 0.1) is 10.7 Å². The molecule has 2 aromatic carbocycles. The molecule has 0 aliphatic rings. The Bertz CT molecular complexity index is 783. The van der Waals surface area contributed by atoms with Gasteiger partial charge < -0.3 is 20.7 Å². The molecule has 25 heavy (non-hydrogen) atoms. The van der Waals surface area contributed by atoms with Gasteiger partial charge in [0.25, 0.3) is 5.91 Å². The normalized spacial score (nSPS) is 11.5. The molecular formula is C17H17Cl2N3O3. The van der Waals surface area contributed by atoms with E-state index in [0.29, 0.717) is 27.1 Å². The minimum absolute atomic E-state index is 0.283. The van der Waals surface area contributed by atoms with Gasteiger partial charge in [-0.2, -0.15) is 0 Å². The number of halogens is 2. The second-order valence-electron chi connectivity index (χ2n) is 5.15. The molecule has 2 rings (SSSR count). The highest BCUT2D eigenvalue weighted by Gasteiger charge is 2.12. The highest BCUT2D eigenvalue weighted by Crippen LogP contribution is 2.25. The van der Waals surface area contributed by atoms with E-state index in [4.69, 9.17) is 27.9 Å². The quantitative estimate of drug-likeness (QED) is 0.707. The fourth-order valence-electron chi connectivity index (χ4n) is 1.90. The smallest absolute Gasteiger partial charge is 0.323 e. The number of carbonyl (C=O) groups excluding carboxylic acids is 2. The van der Waals surface area contributed by atoms with Crippen molar-refractivity contribution in [3.05, 3.63) is 52.5 Å². The summed E-state index contributed by atoms with van der Waals surface area (Å²) in [6.45, 7) is 1.64. The van der Waals surface area contributed by atoms with E-state index >= 15 is 0 Å². The number of rotatable bonds is 5. The van der Waals surface area contributed by atoms with Crippen molar-refractivity contribution in [3.8, 4) is 0 Å². The lowest BCUT2D eigenvalue weighted by Gasteiger charge is -2.12. The zero-order chi connectivity index (χ0) is 18.4. The lowest BCUT2D eigenvalue weighted by molar-refractivity contribution is -0.124. The van der Waals surface area contributed by atoms with Crippen LogP contribution in [-0.4, -0.2) is 25.2 Å². The summed E-state index contributed by atoms with van der Waals surface area (Å²) in [5, 5.41) is 8.80. The maximum Gasteiger partial charge on any atom is 0.323 e. The van der Waals surface area contributed by atoms with Crippen LogP contribution in [0.25, 0.3) is 0 Å². The van der Waals surface area contributed by atoms with Crippen molar-refractivity contribution < 1.29 is 14.3 Å². The Morgan fingerprint density at radius 1 is 1.00 bits per heavy atom. The van der Waals surface area contributed by atoms with E-state index in [-0.39, 0.29) is 5.91 Å². The van der Waals surface area contributed by atoms with Gasteiger partial charge in [-0.1, -0.05) is 29.3 Å². The lowest BCUT2D eigenvalue weighted by Crippen LogP contribution is -2.26. The van der Waals surface area contributed by atoms with Crippen molar-refractivity contribution in [1.29, 1.82) is 0 Å². The Morgan fingerprint density at radius 3 is 2.36 bits per heavy atom. The molecule has 3 amide bonds. The molecule has 0 fully saturated rings. The Morgan fingerprint density at radius 2 is 1.68 bits per heavy atom. The summed E-state index contributed by atoms with van der Waals surface area (Å²) < 4.78 is 4.95. The topological polar surface area (TPSA) is 79.5 Å². The van der Waals surface area contributed by atoms with Crippen LogP contribution in [0.15, 0.2) is 42.5 Å². The van der Waals surface area contributed by atoms with Gasteiger partial charge in [-0.25, -0.2) is 4.79 Å². The number of hydrogen-bond acceptors (Lipinski definition) is 3. The van der Waals surface area contributed by atoms with Gasteiger partial charge >= 0.3 is 6.03 Å². The van der Waals surface area contributed by atoms with Gasteiger partial charge in [0, 0.05) is 23.5 Å². The van der Waals surface area contributed by atoms with Gasteiger partial charge in [0.1, 0.15) is 6.10 Å². The van der Waals surface area contributed by atoms with Gasteiger partial charge in [-0.05, 0) is 43.3 Å². The summed E-state index contributed by atoms with van der Waals surface area (Å²) in [5.74, 6) is -0.283. The minimum atomic E-state index is -0.579. The molecule has 0 spiro atoms. The lowest BCUT2D eigenvalue weighted by atomic mass is 10.2. The third-order valence-electron chi connectivity index (χ3n) is 3.29. The second-order valence-corrected chi connectivity index (χ2v) is 5.99. The largest absolute Gasteiger partial charge is 0.372 e. The number of anilines is 3. The molecule has 6 nitrogen and oxygen atoms in total. The van der Waals surface area contributed by atoms with Crippen LogP contribution in [0.1, 0.15) is 6.92 Å². The summed E-state index contributed by atoms with van der Waals surface area (Å²) in [5.41, 5.74) is 1.43. The Labute approximate surface area is 155 Å². The molecule has 1 atom stereocenters. The molecule has 3 N–H and O–H groups in total. The average molecular weight is 382 g/mol. The average Bonchev–Trinajstić information content (AvgIpc) is 2.57. The molecule has 132 valence electrons. The third-order valence-corrected chi connectivity index (χ3v) is 3.85. The molecule has 2 aromatic rings. The van der Waals surface area contributed by atoms with Crippen LogP contribution in [0.2, 0.25) is 10.0 Å². The molecule has 0 aliphatic heterocycles. The van der Waals surface area contributed by atoms with E-state index < -0.39 is 12.1 Å². The van der Waals surface area contributed by atoms with Crippen LogP contribution in [0.5, 0.6) is 0 Å². The van der Waals surface area contributed by atoms with E-state index in [1.165, 1.54) is 7.11 Å². The number of hydrogen-bond donors (Lipinski definition) is 3. The van der Waals surface area contributed by atoms with Crippen LogP contribution in [0.4, 0.5) is 21.9 Å². The maximum atomic E-state index is 12.1. The van der Waals surface area contributed by atoms with Crippen molar-refractivity contribution in [2.75, 3.05) is 23.1 Å². The monoisotopic (exact) mass is 381 g/mol. The van der Waals surface area contributed by atoms with Crippen molar-refractivity contribution in [2.24, 2.45) is 0 Å². The van der Waals surface area contributed by atoms with Crippen LogP contribution in [0, 0.1) is 0 Å². The van der Waals surface area contributed by atoms with E-state index in [1.807, 2.05) is 0 Å². The van der Waals surface area contributed by atoms with E-state index in [2.05, 4.69) is 16.0 Å². The van der Waals surface area contributed by atoms with Crippen LogP contribution >= 0.6 is 23.2 Å². The molecule has 0 saturated carbocycles. The molecule has 0 heterocycles. The molecule has 0 bridgehead atoms. The third kappa shape index (κ3) is 5.63. The van der Waals surface area contributed by atoms with Crippen LogP contribution in [0.3, 0.4) is 0 Å². The van der Waals surface area contributed by atoms with Gasteiger partial charge in [0.15, 0.2) is 0 Å². The number of carbonyl (C=O) groups is 2. The molecule has 0 saturated heterocycles. The summed E-state index contributed by atoms with van der Waals surface area (Å²) in [6, 6.07) is 11.0. The summed E-state index contributed by atoms with van der Waals surface area (Å²) in [7, 11) is 1.45. The summed E-state index contributed by atoms with van der Waals surface area (Å²) in [4.78, 5) is 23.9. The van der Waals surface area contributed by atoms with Crippen molar-refractivity contribution in [3.63, 3.8) is 0 Å². The minimum Gasteiger partial charge on any atom is -0.372 e. The van der Waals surface area contributed by atoms with Crippen LogP contribution in [-0.2, 0) is 9.53 Å². The van der Waals surface area contributed by atoms with Crippen molar-refractivity contribution in [1.82, 2.24) is 0 Å². The second kappa shape index (κ2) is 8.71. The number of methoxy groups -OCH3 is 1. The van der Waals surface area contributed by atoms with E-state index in [9.17, 15) is 9.59 Å². The number of ether oxygens (including phenoxy) is 1. The zero-order valence-electron chi connectivity index (χ0n) is 13.6.